The van der Waals surface area contributed by atoms with E-state index in [1.54, 1.807) is 42.5 Å². The normalized spacial score (nSPS) is 13.4. The van der Waals surface area contributed by atoms with E-state index in [0.29, 0.717) is 27.7 Å². The van der Waals surface area contributed by atoms with Crippen LogP contribution in [0.1, 0.15) is 22.5 Å². The number of fused-ring (bicyclic) bond motifs is 1. The second kappa shape index (κ2) is 6.76. The van der Waals surface area contributed by atoms with Gasteiger partial charge in [0.2, 0.25) is 0 Å². The zero-order chi connectivity index (χ0) is 18.1. The molecule has 4 rings (SSSR count). The highest BCUT2D eigenvalue weighted by Gasteiger charge is 2.23. The number of thiophene rings is 1. The Morgan fingerprint density at radius 1 is 1.00 bits per heavy atom. The van der Waals surface area contributed by atoms with Gasteiger partial charge in [-0.3, -0.25) is 4.79 Å². The molecule has 1 aliphatic rings. The van der Waals surface area contributed by atoms with Gasteiger partial charge in [-0.2, -0.15) is 0 Å². The van der Waals surface area contributed by atoms with E-state index in [1.165, 1.54) is 17.4 Å². The van der Waals surface area contributed by atoms with Crippen LogP contribution in [0.2, 0.25) is 0 Å². The molecule has 132 valence electrons. The first kappa shape index (κ1) is 16.5. The molecule has 3 amide bonds. The number of carbonyl (C=O) groups is 2. The van der Waals surface area contributed by atoms with Gasteiger partial charge in [-0.1, -0.05) is 6.07 Å². The molecule has 1 aromatic heterocycles. The second-order valence-corrected chi connectivity index (χ2v) is 7.25. The fraction of sp³-hybridized carbons (Fsp3) is 0.158. The van der Waals surface area contributed by atoms with Gasteiger partial charge in [0, 0.05) is 27.5 Å². The van der Waals surface area contributed by atoms with Gasteiger partial charge in [-0.05, 0) is 55.3 Å². The summed E-state index contributed by atoms with van der Waals surface area (Å²) >= 11 is 1.24. The van der Waals surface area contributed by atoms with Gasteiger partial charge in [0.05, 0.1) is 4.88 Å². The molecule has 3 N–H and O–H groups in total. The van der Waals surface area contributed by atoms with Crippen LogP contribution in [0.5, 0.6) is 0 Å². The number of halogens is 1. The van der Waals surface area contributed by atoms with Crippen molar-refractivity contribution in [2.75, 3.05) is 10.6 Å². The van der Waals surface area contributed by atoms with E-state index < -0.39 is 0 Å². The summed E-state index contributed by atoms with van der Waals surface area (Å²) in [6, 6.07) is 13.3. The van der Waals surface area contributed by atoms with Crippen molar-refractivity contribution in [3.63, 3.8) is 0 Å². The van der Waals surface area contributed by atoms with Gasteiger partial charge in [0.1, 0.15) is 5.82 Å². The van der Waals surface area contributed by atoms with E-state index in [0.717, 1.165) is 17.5 Å². The minimum absolute atomic E-state index is 0.225. The first-order valence-electron chi connectivity index (χ1n) is 8.25. The monoisotopic (exact) mass is 369 g/mol. The molecule has 26 heavy (non-hydrogen) atoms. The van der Waals surface area contributed by atoms with Crippen LogP contribution in [-0.2, 0) is 0 Å². The zero-order valence-electron chi connectivity index (χ0n) is 13.7. The average molecular weight is 369 g/mol. The Hall–Kier alpha value is -2.93. The number of hydrogen-bond donors (Lipinski definition) is 3. The molecule has 0 saturated heterocycles. The van der Waals surface area contributed by atoms with Crippen LogP contribution in [0, 0.1) is 5.82 Å². The maximum Gasteiger partial charge on any atom is 0.319 e. The second-order valence-electron chi connectivity index (χ2n) is 6.17. The van der Waals surface area contributed by atoms with E-state index in [2.05, 4.69) is 16.0 Å². The summed E-state index contributed by atoms with van der Waals surface area (Å²) in [4.78, 5) is 24.5. The van der Waals surface area contributed by atoms with E-state index in [4.69, 9.17) is 0 Å². The maximum atomic E-state index is 13.8. The van der Waals surface area contributed by atoms with Crippen molar-refractivity contribution in [1.82, 2.24) is 5.32 Å². The quantitative estimate of drug-likeness (QED) is 0.630. The van der Waals surface area contributed by atoms with Gasteiger partial charge >= 0.3 is 6.03 Å². The highest BCUT2D eigenvalue weighted by Crippen LogP contribution is 2.28. The smallest absolute Gasteiger partial charge is 0.319 e. The molecule has 1 saturated carbocycles. The minimum atomic E-state index is -0.335. The Bertz CT molecular complexity index is 980. The van der Waals surface area contributed by atoms with Crippen LogP contribution >= 0.6 is 11.3 Å². The summed E-state index contributed by atoms with van der Waals surface area (Å²) in [5, 5.41) is 8.82. The predicted octanol–water partition coefficient (Wildman–Crippen LogP) is 4.58. The lowest BCUT2D eigenvalue weighted by molar-refractivity contribution is 0.103. The van der Waals surface area contributed by atoms with Crippen molar-refractivity contribution < 1.29 is 14.0 Å². The molecule has 0 radical (unpaired) electrons. The van der Waals surface area contributed by atoms with Crippen molar-refractivity contribution in [3.8, 4) is 0 Å². The first-order valence-corrected chi connectivity index (χ1v) is 9.07. The van der Waals surface area contributed by atoms with E-state index in [-0.39, 0.29) is 17.8 Å². The third-order valence-electron chi connectivity index (χ3n) is 4.05. The van der Waals surface area contributed by atoms with E-state index in [9.17, 15) is 14.0 Å². The van der Waals surface area contributed by atoms with Gasteiger partial charge in [-0.25, -0.2) is 9.18 Å². The van der Waals surface area contributed by atoms with Gasteiger partial charge in [-0.15, -0.1) is 11.3 Å². The highest BCUT2D eigenvalue weighted by molar-refractivity contribution is 7.20. The van der Waals surface area contributed by atoms with Gasteiger partial charge in [0.25, 0.3) is 5.91 Å². The number of hydrogen-bond acceptors (Lipinski definition) is 3. The lowest BCUT2D eigenvalue weighted by Gasteiger charge is -2.08. The summed E-state index contributed by atoms with van der Waals surface area (Å²) in [7, 11) is 0. The number of carbonyl (C=O) groups excluding carboxylic acids is 2. The summed E-state index contributed by atoms with van der Waals surface area (Å²) in [5.74, 6) is -0.629. The molecule has 5 nitrogen and oxygen atoms in total. The van der Waals surface area contributed by atoms with Crippen molar-refractivity contribution >= 4 is 44.7 Å². The Kier molecular flexibility index (Phi) is 4.30. The third-order valence-corrected chi connectivity index (χ3v) is 5.14. The topological polar surface area (TPSA) is 70.2 Å². The number of anilines is 2. The molecular weight excluding hydrogens is 353 g/mol. The number of amides is 3. The van der Waals surface area contributed by atoms with Crippen LogP contribution in [-0.4, -0.2) is 18.0 Å². The lowest BCUT2D eigenvalue weighted by atomic mass is 10.2. The molecule has 0 spiro atoms. The maximum absolute atomic E-state index is 13.8. The molecule has 7 heteroatoms. The van der Waals surface area contributed by atoms with Crippen LogP contribution in [0.3, 0.4) is 0 Å². The zero-order valence-corrected chi connectivity index (χ0v) is 14.5. The number of urea groups is 1. The Morgan fingerprint density at radius 3 is 2.35 bits per heavy atom. The molecule has 0 bridgehead atoms. The number of rotatable bonds is 4. The van der Waals surface area contributed by atoms with E-state index in [1.807, 2.05) is 0 Å². The SMILES string of the molecule is O=C(Nc1ccc(NC(=O)c2cc3c(F)cccc3s2)cc1)NC1CC1. The van der Waals surface area contributed by atoms with Crippen LogP contribution < -0.4 is 16.0 Å². The first-order chi connectivity index (χ1) is 12.6. The van der Waals surface area contributed by atoms with Crippen molar-refractivity contribution in [2.45, 2.75) is 18.9 Å². The Balaban J connectivity index is 1.41. The summed E-state index contributed by atoms with van der Waals surface area (Å²) < 4.78 is 14.5. The molecule has 0 atom stereocenters. The summed E-state index contributed by atoms with van der Waals surface area (Å²) in [5.41, 5.74) is 1.24. The van der Waals surface area contributed by atoms with Crippen LogP contribution in [0.4, 0.5) is 20.6 Å². The van der Waals surface area contributed by atoms with Crippen LogP contribution in [0.25, 0.3) is 10.1 Å². The van der Waals surface area contributed by atoms with Crippen LogP contribution in [0.15, 0.2) is 48.5 Å². The largest absolute Gasteiger partial charge is 0.335 e. The highest BCUT2D eigenvalue weighted by atomic mass is 32.1. The van der Waals surface area contributed by atoms with Gasteiger partial charge in [0.15, 0.2) is 0 Å². The number of benzene rings is 2. The third kappa shape index (κ3) is 3.67. The van der Waals surface area contributed by atoms with Crippen molar-refractivity contribution in [1.29, 1.82) is 0 Å². The predicted molar refractivity (Wildman–Crippen MR) is 101 cm³/mol. The van der Waals surface area contributed by atoms with Crippen molar-refractivity contribution in [3.05, 3.63) is 59.2 Å². The molecule has 3 aromatic rings. The molecule has 1 fully saturated rings. The molecular formula is C19H16FN3O2S. The standard InChI is InChI=1S/C19H16FN3O2S/c20-15-2-1-3-16-14(15)10-17(26-16)18(24)21-11-4-6-12(7-5-11)22-19(25)23-13-8-9-13/h1-7,10,13H,8-9H2,(H,21,24)(H2,22,23,25). The fourth-order valence-electron chi connectivity index (χ4n) is 2.55. The van der Waals surface area contributed by atoms with Gasteiger partial charge < -0.3 is 16.0 Å². The summed E-state index contributed by atoms with van der Waals surface area (Å²) in [6.07, 6.45) is 2.06. The molecule has 0 aliphatic heterocycles. The molecule has 1 heterocycles. The van der Waals surface area contributed by atoms with E-state index >= 15 is 0 Å². The minimum Gasteiger partial charge on any atom is -0.335 e. The Labute approximate surface area is 153 Å². The Morgan fingerprint density at radius 2 is 1.69 bits per heavy atom. The fourth-order valence-corrected chi connectivity index (χ4v) is 3.52. The average Bonchev–Trinajstić information content (AvgIpc) is 3.31. The molecule has 0 unspecified atom stereocenters. The summed E-state index contributed by atoms with van der Waals surface area (Å²) in [6.45, 7) is 0. The lowest BCUT2D eigenvalue weighted by Crippen LogP contribution is -2.30. The molecule has 2 aromatic carbocycles. The number of nitrogens with one attached hydrogen (secondary N) is 3. The molecule has 1 aliphatic carbocycles. The van der Waals surface area contributed by atoms with Crippen molar-refractivity contribution in [2.24, 2.45) is 0 Å².